The van der Waals surface area contributed by atoms with E-state index in [2.05, 4.69) is 6.92 Å². The van der Waals surface area contributed by atoms with E-state index in [1.54, 1.807) is 0 Å². The molecule has 2 heterocycles. The van der Waals surface area contributed by atoms with E-state index in [9.17, 15) is 0 Å². The van der Waals surface area contributed by atoms with Gasteiger partial charge in [0.25, 0.3) is 0 Å². The fraction of sp³-hybridized carbons (Fsp3) is 1.00. The van der Waals surface area contributed by atoms with Crippen LogP contribution in [0.1, 0.15) is 39.0 Å². The van der Waals surface area contributed by atoms with Crippen LogP contribution in [0.2, 0.25) is 0 Å². The molecule has 3 rings (SSSR count). The van der Waals surface area contributed by atoms with Gasteiger partial charge in [-0.2, -0.15) is 0 Å². The Morgan fingerprint density at radius 3 is 3.00 bits per heavy atom. The number of epoxide rings is 1. The molecule has 0 N–H and O–H groups in total. The van der Waals surface area contributed by atoms with Gasteiger partial charge in [-0.15, -0.1) is 0 Å². The van der Waals surface area contributed by atoms with Crippen molar-refractivity contribution in [3.05, 3.63) is 0 Å². The second-order valence-electron chi connectivity index (χ2n) is 4.64. The first kappa shape index (κ1) is 9.13. The van der Waals surface area contributed by atoms with Crippen molar-refractivity contribution in [3.8, 4) is 0 Å². The van der Waals surface area contributed by atoms with Crippen LogP contribution < -0.4 is 0 Å². The molecule has 3 nitrogen and oxygen atoms in total. The maximum Gasteiger partial charge on any atom is 0.189 e. The minimum atomic E-state index is -0.0715. The van der Waals surface area contributed by atoms with Gasteiger partial charge in [0.05, 0.1) is 18.8 Å². The molecule has 3 fully saturated rings. The van der Waals surface area contributed by atoms with Gasteiger partial charge >= 0.3 is 0 Å². The van der Waals surface area contributed by atoms with E-state index in [4.69, 9.17) is 14.2 Å². The van der Waals surface area contributed by atoms with Gasteiger partial charge in [-0.3, -0.25) is 0 Å². The van der Waals surface area contributed by atoms with Crippen molar-refractivity contribution < 1.29 is 14.2 Å². The molecule has 14 heavy (non-hydrogen) atoms. The highest BCUT2D eigenvalue weighted by atomic mass is 16.8. The molecule has 3 aliphatic rings. The lowest BCUT2D eigenvalue weighted by atomic mass is 9.88. The summed E-state index contributed by atoms with van der Waals surface area (Å²) in [7, 11) is 0. The monoisotopic (exact) mass is 198 g/mol. The smallest absolute Gasteiger partial charge is 0.189 e. The summed E-state index contributed by atoms with van der Waals surface area (Å²) in [5.41, 5.74) is -0.0395. The highest BCUT2D eigenvalue weighted by Gasteiger charge is 2.64. The molecule has 1 saturated carbocycles. The number of hydrogen-bond donors (Lipinski definition) is 0. The number of hydrogen-bond acceptors (Lipinski definition) is 3. The second-order valence-corrected chi connectivity index (χ2v) is 4.64. The van der Waals surface area contributed by atoms with Crippen LogP contribution in [0.4, 0.5) is 0 Å². The van der Waals surface area contributed by atoms with Crippen LogP contribution in [0.5, 0.6) is 0 Å². The van der Waals surface area contributed by atoms with E-state index >= 15 is 0 Å². The lowest BCUT2D eigenvalue weighted by Gasteiger charge is -2.22. The van der Waals surface area contributed by atoms with Crippen molar-refractivity contribution in [2.75, 3.05) is 6.61 Å². The standard InChI is InChI=1S/C11H18O3/c1-2-8-7-12-10(13-8)11-6-4-3-5-9(11)14-11/h8-10H,2-7H2,1H3. The van der Waals surface area contributed by atoms with Gasteiger partial charge in [0.2, 0.25) is 0 Å². The quantitative estimate of drug-likeness (QED) is 0.634. The molecule has 0 aromatic carbocycles. The van der Waals surface area contributed by atoms with Crippen LogP contribution in [-0.2, 0) is 14.2 Å². The Hall–Kier alpha value is -0.120. The van der Waals surface area contributed by atoms with E-state index in [0.29, 0.717) is 12.2 Å². The second kappa shape index (κ2) is 3.19. The molecule has 1 aliphatic carbocycles. The lowest BCUT2D eigenvalue weighted by molar-refractivity contribution is -0.111. The molecule has 2 saturated heterocycles. The molecular weight excluding hydrogens is 180 g/mol. The van der Waals surface area contributed by atoms with Crippen LogP contribution in [0.15, 0.2) is 0 Å². The van der Waals surface area contributed by atoms with Gasteiger partial charge in [0, 0.05) is 0 Å². The predicted molar refractivity (Wildman–Crippen MR) is 51.0 cm³/mol. The lowest BCUT2D eigenvalue weighted by Crippen LogP contribution is -2.35. The Morgan fingerprint density at radius 1 is 1.36 bits per heavy atom. The topological polar surface area (TPSA) is 31.0 Å². The average molecular weight is 198 g/mol. The van der Waals surface area contributed by atoms with Crippen molar-refractivity contribution in [3.63, 3.8) is 0 Å². The summed E-state index contributed by atoms with van der Waals surface area (Å²) in [6.45, 7) is 2.89. The molecule has 2 aliphatic heterocycles. The molecule has 0 radical (unpaired) electrons. The molecule has 3 heteroatoms. The average Bonchev–Trinajstić information content (AvgIpc) is 2.78. The zero-order chi connectivity index (χ0) is 9.60. The zero-order valence-corrected chi connectivity index (χ0v) is 8.70. The Bertz CT molecular complexity index is 231. The van der Waals surface area contributed by atoms with E-state index in [-0.39, 0.29) is 11.9 Å². The van der Waals surface area contributed by atoms with Crippen LogP contribution >= 0.6 is 0 Å². The summed E-state index contributed by atoms with van der Waals surface area (Å²) < 4.78 is 17.3. The summed E-state index contributed by atoms with van der Waals surface area (Å²) in [4.78, 5) is 0. The van der Waals surface area contributed by atoms with Crippen molar-refractivity contribution in [2.45, 2.75) is 63.1 Å². The molecule has 80 valence electrons. The van der Waals surface area contributed by atoms with Gasteiger partial charge in [0.1, 0.15) is 5.60 Å². The summed E-state index contributed by atoms with van der Waals surface area (Å²) >= 11 is 0. The molecule has 0 aromatic rings. The minimum Gasteiger partial charge on any atom is -0.361 e. The zero-order valence-electron chi connectivity index (χ0n) is 8.70. The Labute approximate surface area is 84.7 Å². The number of fused-ring (bicyclic) bond motifs is 1. The molecule has 0 aromatic heterocycles. The van der Waals surface area contributed by atoms with Gasteiger partial charge in [-0.1, -0.05) is 19.8 Å². The van der Waals surface area contributed by atoms with E-state index in [1.165, 1.54) is 19.3 Å². The molecular formula is C11H18O3. The fourth-order valence-electron chi connectivity index (χ4n) is 2.73. The molecule has 0 bridgehead atoms. The summed E-state index contributed by atoms with van der Waals surface area (Å²) in [6, 6.07) is 0. The highest BCUT2D eigenvalue weighted by Crippen LogP contribution is 2.52. The van der Waals surface area contributed by atoms with E-state index < -0.39 is 0 Å². The SMILES string of the molecule is CCC1COC(C23CCCCC2O3)O1. The molecule has 4 unspecified atom stereocenters. The van der Waals surface area contributed by atoms with Crippen molar-refractivity contribution in [1.82, 2.24) is 0 Å². The predicted octanol–water partition coefficient (Wildman–Crippen LogP) is 1.85. The first-order valence-corrected chi connectivity index (χ1v) is 5.80. The third-order valence-corrected chi connectivity index (χ3v) is 3.74. The highest BCUT2D eigenvalue weighted by molar-refractivity contribution is 5.08. The molecule has 4 atom stereocenters. The van der Waals surface area contributed by atoms with Crippen LogP contribution in [-0.4, -0.2) is 30.7 Å². The van der Waals surface area contributed by atoms with E-state index in [1.807, 2.05) is 0 Å². The van der Waals surface area contributed by atoms with Crippen molar-refractivity contribution in [1.29, 1.82) is 0 Å². The van der Waals surface area contributed by atoms with Crippen LogP contribution in [0.25, 0.3) is 0 Å². The normalized spacial score (nSPS) is 51.6. The maximum absolute atomic E-state index is 5.85. The first-order valence-electron chi connectivity index (χ1n) is 5.80. The fourth-order valence-corrected chi connectivity index (χ4v) is 2.73. The van der Waals surface area contributed by atoms with E-state index in [0.717, 1.165) is 19.4 Å². The largest absolute Gasteiger partial charge is 0.361 e. The molecule has 0 amide bonds. The summed E-state index contributed by atoms with van der Waals surface area (Å²) in [6.07, 6.45) is 6.57. The van der Waals surface area contributed by atoms with Crippen molar-refractivity contribution in [2.24, 2.45) is 0 Å². The Balaban J connectivity index is 1.66. The third kappa shape index (κ3) is 1.23. The van der Waals surface area contributed by atoms with Gasteiger partial charge < -0.3 is 14.2 Å². The summed E-state index contributed by atoms with van der Waals surface area (Å²) in [5, 5.41) is 0. The first-order chi connectivity index (χ1) is 6.85. The Kier molecular flexibility index (Phi) is 2.08. The van der Waals surface area contributed by atoms with Gasteiger partial charge in [-0.05, 0) is 19.3 Å². The van der Waals surface area contributed by atoms with Gasteiger partial charge in [-0.25, -0.2) is 0 Å². The summed E-state index contributed by atoms with van der Waals surface area (Å²) in [5.74, 6) is 0. The van der Waals surface area contributed by atoms with Crippen LogP contribution in [0.3, 0.4) is 0 Å². The van der Waals surface area contributed by atoms with Crippen LogP contribution in [0, 0.1) is 0 Å². The maximum atomic E-state index is 5.85. The number of rotatable bonds is 2. The van der Waals surface area contributed by atoms with Crippen molar-refractivity contribution >= 4 is 0 Å². The number of ether oxygens (including phenoxy) is 3. The Morgan fingerprint density at radius 2 is 2.29 bits per heavy atom. The third-order valence-electron chi connectivity index (χ3n) is 3.74. The molecule has 0 spiro atoms. The van der Waals surface area contributed by atoms with Gasteiger partial charge in [0.15, 0.2) is 6.29 Å². The minimum absolute atomic E-state index is 0.0395.